The SMILES string of the molecule is CC(C)(C)c1cc(C(C)(C)C)c2oc3cc(N(c4ccc5c(c4)C(C)(C)c4ccccc4-5)c4ccc5c6ccccc6c6ccccc6c5c4)ccc3c2c1. The van der Waals surface area contributed by atoms with E-state index in [1.54, 1.807) is 0 Å². The van der Waals surface area contributed by atoms with Crippen molar-refractivity contribution in [3.63, 3.8) is 0 Å². The lowest BCUT2D eigenvalue weighted by atomic mass is 9.79. The fourth-order valence-corrected chi connectivity index (χ4v) is 9.31. The third kappa shape index (κ3) is 5.07. The van der Waals surface area contributed by atoms with Crippen LogP contribution in [0.4, 0.5) is 17.1 Å². The van der Waals surface area contributed by atoms with Crippen LogP contribution in [-0.4, -0.2) is 0 Å². The molecule has 0 unspecified atom stereocenters. The van der Waals surface area contributed by atoms with Crippen LogP contribution in [0.3, 0.4) is 0 Å². The Balaban J connectivity index is 1.24. The molecule has 270 valence electrons. The monoisotopic (exact) mass is 713 g/mol. The van der Waals surface area contributed by atoms with Gasteiger partial charge in [0.15, 0.2) is 0 Å². The van der Waals surface area contributed by atoms with Crippen molar-refractivity contribution in [3.05, 3.63) is 162 Å². The minimum Gasteiger partial charge on any atom is -0.456 e. The average Bonchev–Trinajstić information content (AvgIpc) is 3.65. The molecule has 1 aliphatic rings. The Labute approximate surface area is 324 Å². The minimum absolute atomic E-state index is 0.0150. The van der Waals surface area contributed by atoms with Gasteiger partial charge in [-0.2, -0.15) is 0 Å². The summed E-state index contributed by atoms with van der Waals surface area (Å²) in [5, 5.41) is 9.96. The zero-order valence-electron chi connectivity index (χ0n) is 33.1. The van der Waals surface area contributed by atoms with Crippen molar-refractivity contribution in [1.29, 1.82) is 0 Å². The summed E-state index contributed by atoms with van der Waals surface area (Å²) in [5.74, 6) is 0. The minimum atomic E-state index is -0.122. The summed E-state index contributed by atoms with van der Waals surface area (Å²) in [5.41, 5.74) is 13.0. The van der Waals surface area contributed by atoms with Crippen LogP contribution in [0.1, 0.15) is 77.6 Å². The van der Waals surface area contributed by atoms with E-state index in [-0.39, 0.29) is 16.2 Å². The van der Waals surface area contributed by atoms with Gasteiger partial charge in [0.2, 0.25) is 0 Å². The van der Waals surface area contributed by atoms with Crippen molar-refractivity contribution < 1.29 is 4.42 Å². The summed E-state index contributed by atoms with van der Waals surface area (Å²) in [4.78, 5) is 2.43. The molecule has 55 heavy (non-hydrogen) atoms. The molecular formula is C53H47NO. The molecule has 0 atom stereocenters. The summed E-state index contributed by atoms with van der Waals surface area (Å²) in [7, 11) is 0. The fraction of sp³-hybridized carbons (Fsp3) is 0.208. The Bertz CT molecular complexity index is 3000. The Morgan fingerprint density at radius 2 is 0.964 bits per heavy atom. The molecule has 9 aromatic rings. The van der Waals surface area contributed by atoms with Gasteiger partial charge in [-0.15, -0.1) is 0 Å². The molecule has 2 nitrogen and oxygen atoms in total. The van der Waals surface area contributed by atoms with E-state index in [0.717, 1.165) is 33.6 Å². The summed E-state index contributed by atoms with van der Waals surface area (Å²) >= 11 is 0. The molecule has 0 saturated carbocycles. The van der Waals surface area contributed by atoms with E-state index in [9.17, 15) is 0 Å². The predicted molar refractivity (Wildman–Crippen MR) is 236 cm³/mol. The fourth-order valence-electron chi connectivity index (χ4n) is 9.31. The van der Waals surface area contributed by atoms with Gasteiger partial charge in [-0.05, 0) is 113 Å². The molecule has 0 N–H and O–H groups in total. The van der Waals surface area contributed by atoms with Crippen molar-refractivity contribution in [1.82, 2.24) is 0 Å². The van der Waals surface area contributed by atoms with Gasteiger partial charge in [0.1, 0.15) is 11.2 Å². The van der Waals surface area contributed by atoms with Gasteiger partial charge in [-0.3, -0.25) is 0 Å². The topological polar surface area (TPSA) is 16.4 Å². The standard InChI is InChI=1S/C53H47NO/c1-51(2,3)32-27-45-43-26-23-35(31-49(43)55-50(45)48(28-32)52(4,5)6)54(34-22-25-42-41-19-13-14-20-46(41)53(7,8)47(42)30-34)33-21-24-40-38-17-10-9-15-36(38)37-16-11-12-18-39(37)44(40)29-33/h9-31H,1-8H3. The smallest absolute Gasteiger partial charge is 0.139 e. The molecule has 0 saturated heterocycles. The van der Waals surface area contributed by atoms with Crippen LogP contribution in [0.25, 0.3) is 65.4 Å². The molecule has 0 spiro atoms. The second-order valence-electron chi connectivity index (χ2n) is 18.2. The van der Waals surface area contributed by atoms with Gasteiger partial charge in [0.25, 0.3) is 0 Å². The molecule has 2 heteroatoms. The Morgan fingerprint density at radius 1 is 0.436 bits per heavy atom. The first-order chi connectivity index (χ1) is 26.3. The van der Waals surface area contributed by atoms with Gasteiger partial charge in [0, 0.05) is 44.9 Å². The first kappa shape index (κ1) is 33.7. The normalized spacial score (nSPS) is 14.0. The van der Waals surface area contributed by atoms with E-state index in [1.165, 1.54) is 71.1 Å². The third-order valence-corrected chi connectivity index (χ3v) is 12.3. The first-order valence-corrected chi connectivity index (χ1v) is 19.7. The molecule has 1 heterocycles. The lowest BCUT2D eigenvalue weighted by Crippen LogP contribution is -2.16. The zero-order chi connectivity index (χ0) is 38.0. The highest BCUT2D eigenvalue weighted by Gasteiger charge is 2.36. The molecule has 0 radical (unpaired) electrons. The summed E-state index contributed by atoms with van der Waals surface area (Å²) < 4.78 is 6.94. The van der Waals surface area contributed by atoms with Gasteiger partial charge in [0.05, 0.1) is 0 Å². The van der Waals surface area contributed by atoms with Crippen molar-refractivity contribution in [2.24, 2.45) is 0 Å². The van der Waals surface area contributed by atoms with Crippen LogP contribution in [0.15, 0.2) is 144 Å². The maximum absolute atomic E-state index is 6.94. The first-order valence-electron chi connectivity index (χ1n) is 19.7. The van der Waals surface area contributed by atoms with Crippen LogP contribution in [0.2, 0.25) is 0 Å². The Morgan fingerprint density at radius 3 is 1.62 bits per heavy atom. The largest absolute Gasteiger partial charge is 0.456 e. The highest BCUT2D eigenvalue weighted by atomic mass is 16.3. The number of anilines is 3. The van der Waals surface area contributed by atoms with Gasteiger partial charge in [-0.25, -0.2) is 0 Å². The second kappa shape index (κ2) is 11.6. The summed E-state index contributed by atoms with van der Waals surface area (Å²) in [6.07, 6.45) is 0. The lowest BCUT2D eigenvalue weighted by molar-refractivity contribution is 0.559. The van der Waals surface area contributed by atoms with Crippen LogP contribution in [0, 0.1) is 0 Å². The lowest BCUT2D eigenvalue weighted by Gasteiger charge is -2.28. The summed E-state index contributed by atoms with van der Waals surface area (Å²) in [6.45, 7) is 18.5. The molecular weight excluding hydrogens is 667 g/mol. The molecule has 10 rings (SSSR count). The number of nitrogens with zero attached hydrogens (tertiary/aromatic N) is 1. The number of furan rings is 1. The Hall–Kier alpha value is -5.86. The van der Waals surface area contributed by atoms with Crippen LogP contribution in [-0.2, 0) is 16.2 Å². The highest BCUT2D eigenvalue weighted by molar-refractivity contribution is 6.25. The number of hydrogen-bond acceptors (Lipinski definition) is 2. The van der Waals surface area contributed by atoms with Gasteiger partial charge >= 0.3 is 0 Å². The predicted octanol–water partition coefficient (Wildman–Crippen LogP) is 15.4. The van der Waals surface area contributed by atoms with E-state index in [1.807, 2.05) is 0 Å². The second-order valence-corrected chi connectivity index (χ2v) is 18.2. The molecule has 0 aliphatic heterocycles. The number of rotatable bonds is 3. The Kier molecular flexibility index (Phi) is 7.09. The molecule has 0 fully saturated rings. The number of hydrogen-bond donors (Lipinski definition) is 0. The van der Waals surface area contributed by atoms with Crippen molar-refractivity contribution in [3.8, 4) is 11.1 Å². The molecule has 1 aliphatic carbocycles. The zero-order valence-corrected chi connectivity index (χ0v) is 33.1. The highest BCUT2D eigenvalue weighted by Crippen LogP contribution is 2.51. The van der Waals surface area contributed by atoms with E-state index < -0.39 is 0 Å². The van der Waals surface area contributed by atoms with Gasteiger partial charge in [-0.1, -0.05) is 146 Å². The van der Waals surface area contributed by atoms with Crippen molar-refractivity contribution in [2.45, 2.75) is 71.6 Å². The van der Waals surface area contributed by atoms with E-state index in [0.29, 0.717) is 0 Å². The van der Waals surface area contributed by atoms with E-state index in [2.05, 4.69) is 200 Å². The maximum atomic E-state index is 6.94. The maximum Gasteiger partial charge on any atom is 0.139 e. The quantitative estimate of drug-likeness (QED) is 0.170. The molecule has 0 bridgehead atoms. The summed E-state index contributed by atoms with van der Waals surface area (Å²) in [6, 6.07) is 52.1. The van der Waals surface area contributed by atoms with Crippen LogP contribution >= 0.6 is 0 Å². The molecule has 8 aromatic carbocycles. The average molecular weight is 714 g/mol. The number of fused-ring (bicyclic) bond motifs is 12. The van der Waals surface area contributed by atoms with Crippen LogP contribution < -0.4 is 4.90 Å². The number of benzene rings is 8. The van der Waals surface area contributed by atoms with Gasteiger partial charge < -0.3 is 9.32 Å². The third-order valence-electron chi connectivity index (χ3n) is 12.3. The van der Waals surface area contributed by atoms with E-state index >= 15 is 0 Å². The van der Waals surface area contributed by atoms with E-state index in [4.69, 9.17) is 4.42 Å². The molecule has 1 aromatic heterocycles. The van der Waals surface area contributed by atoms with Crippen molar-refractivity contribution >= 4 is 71.3 Å². The molecule has 0 amide bonds. The van der Waals surface area contributed by atoms with Crippen molar-refractivity contribution in [2.75, 3.05) is 4.90 Å². The van der Waals surface area contributed by atoms with Crippen LogP contribution in [0.5, 0.6) is 0 Å².